The van der Waals surface area contributed by atoms with Crippen molar-refractivity contribution >= 4 is 18.0 Å². The molecule has 0 heterocycles. The number of amides is 2. The van der Waals surface area contributed by atoms with Crippen LogP contribution in [0.25, 0.3) is 11.1 Å². The van der Waals surface area contributed by atoms with Crippen molar-refractivity contribution in [3.05, 3.63) is 59.7 Å². The van der Waals surface area contributed by atoms with Crippen molar-refractivity contribution in [3.8, 4) is 11.1 Å². The SMILES string of the molecule is CC(C)C(CNC(=O)OCC1c2ccccc2-c2ccccc21)C(=O)NC(C)(C)CCC(=O)O. The summed E-state index contributed by atoms with van der Waals surface area (Å²) in [6.07, 6.45) is -0.276. The Kier molecular flexibility index (Phi) is 7.97. The van der Waals surface area contributed by atoms with Crippen LogP contribution in [0.2, 0.25) is 0 Å². The van der Waals surface area contributed by atoms with Crippen LogP contribution in [0.15, 0.2) is 48.5 Å². The third-order valence-corrected chi connectivity index (χ3v) is 6.38. The zero-order valence-electron chi connectivity index (χ0n) is 20.3. The van der Waals surface area contributed by atoms with E-state index in [2.05, 4.69) is 34.9 Å². The summed E-state index contributed by atoms with van der Waals surface area (Å²) in [6.45, 7) is 7.76. The van der Waals surface area contributed by atoms with Gasteiger partial charge in [0.2, 0.25) is 5.91 Å². The molecule has 7 nitrogen and oxygen atoms in total. The van der Waals surface area contributed by atoms with Gasteiger partial charge >= 0.3 is 12.1 Å². The third kappa shape index (κ3) is 6.16. The molecule has 2 aromatic rings. The molecule has 0 saturated heterocycles. The number of carboxylic acids is 1. The minimum absolute atomic E-state index is 0.0239. The molecule has 0 saturated carbocycles. The Balaban J connectivity index is 1.56. The smallest absolute Gasteiger partial charge is 0.407 e. The summed E-state index contributed by atoms with van der Waals surface area (Å²) in [6, 6.07) is 16.3. The normalized spacial score (nSPS) is 13.7. The molecule has 3 N–H and O–H groups in total. The van der Waals surface area contributed by atoms with Gasteiger partial charge < -0.3 is 20.5 Å². The van der Waals surface area contributed by atoms with Crippen LogP contribution in [0.1, 0.15) is 57.6 Å². The molecule has 0 aliphatic heterocycles. The summed E-state index contributed by atoms with van der Waals surface area (Å²) in [5, 5.41) is 14.6. The zero-order valence-corrected chi connectivity index (χ0v) is 20.3. The van der Waals surface area contributed by atoms with E-state index in [9.17, 15) is 14.4 Å². The number of carboxylic acid groups (broad SMARTS) is 1. The van der Waals surface area contributed by atoms with Crippen molar-refractivity contribution in [3.63, 3.8) is 0 Å². The molecule has 0 fully saturated rings. The molecule has 3 rings (SSSR count). The van der Waals surface area contributed by atoms with E-state index in [0.29, 0.717) is 6.42 Å². The van der Waals surface area contributed by atoms with Crippen molar-refractivity contribution in [2.24, 2.45) is 11.8 Å². The first-order valence-electron chi connectivity index (χ1n) is 11.7. The highest BCUT2D eigenvalue weighted by atomic mass is 16.5. The van der Waals surface area contributed by atoms with Crippen molar-refractivity contribution in [1.29, 1.82) is 0 Å². The maximum Gasteiger partial charge on any atom is 0.407 e. The number of alkyl carbamates (subject to hydrolysis) is 1. The lowest BCUT2D eigenvalue weighted by Crippen LogP contribution is -2.50. The number of carbonyl (C=O) groups excluding carboxylic acids is 2. The quantitative estimate of drug-likeness (QED) is 0.476. The van der Waals surface area contributed by atoms with E-state index in [-0.39, 0.29) is 37.3 Å². The first kappa shape index (κ1) is 25.3. The second-order valence-corrected chi connectivity index (χ2v) is 9.82. The average molecular weight is 467 g/mol. The molecule has 0 aromatic heterocycles. The minimum Gasteiger partial charge on any atom is -0.481 e. The Morgan fingerprint density at radius 1 is 1.00 bits per heavy atom. The summed E-state index contributed by atoms with van der Waals surface area (Å²) < 4.78 is 5.57. The molecule has 182 valence electrons. The fourth-order valence-corrected chi connectivity index (χ4v) is 4.38. The number of benzene rings is 2. The number of hydrogen-bond donors (Lipinski definition) is 3. The van der Waals surface area contributed by atoms with Gasteiger partial charge in [0.15, 0.2) is 0 Å². The number of fused-ring (bicyclic) bond motifs is 3. The molecule has 2 aromatic carbocycles. The van der Waals surface area contributed by atoms with Gasteiger partial charge in [-0.3, -0.25) is 9.59 Å². The fraction of sp³-hybridized carbons (Fsp3) is 0.444. The van der Waals surface area contributed by atoms with Crippen molar-refractivity contribution < 1.29 is 24.2 Å². The van der Waals surface area contributed by atoms with Crippen molar-refractivity contribution in [1.82, 2.24) is 10.6 Å². The molecular weight excluding hydrogens is 432 g/mol. The summed E-state index contributed by atoms with van der Waals surface area (Å²) in [7, 11) is 0. The van der Waals surface area contributed by atoms with E-state index in [1.54, 1.807) is 13.8 Å². The van der Waals surface area contributed by atoms with Gasteiger partial charge in [0.25, 0.3) is 0 Å². The van der Waals surface area contributed by atoms with Crippen molar-refractivity contribution in [2.75, 3.05) is 13.2 Å². The van der Waals surface area contributed by atoms with Gasteiger partial charge in [-0.25, -0.2) is 4.79 Å². The lowest BCUT2D eigenvalue weighted by molar-refractivity contribution is -0.138. The largest absolute Gasteiger partial charge is 0.481 e. The molecule has 1 atom stereocenters. The van der Waals surface area contributed by atoms with Gasteiger partial charge in [-0.15, -0.1) is 0 Å². The predicted molar refractivity (Wildman–Crippen MR) is 130 cm³/mol. The Labute approximate surface area is 200 Å². The van der Waals surface area contributed by atoms with Gasteiger partial charge in [-0.2, -0.15) is 0 Å². The van der Waals surface area contributed by atoms with Crippen LogP contribution in [0, 0.1) is 11.8 Å². The number of hydrogen-bond acceptors (Lipinski definition) is 4. The highest BCUT2D eigenvalue weighted by molar-refractivity contribution is 5.81. The summed E-state index contributed by atoms with van der Waals surface area (Å²) >= 11 is 0. The van der Waals surface area contributed by atoms with Crippen LogP contribution in [0.4, 0.5) is 4.79 Å². The van der Waals surface area contributed by atoms with Gasteiger partial charge in [-0.1, -0.05) is 62.4 Å². The minimum atomic E-state index is -0.903. The maximum absolute atomic E-state index is 12.8. The van der Waals surface area contributed by atoms with Gasteiger partial charge in [-0.05, 0) is 48.4 Å². The van der Waals surface area contributed by atoms with Gasteiger partial charge in [0.1, 0.15) is 6.61 Å². The van der Waals surface area contributed by atoms with E-state index in [1.807, 2.05) is 38.1 Å². The number of ether oxygens (including phenoxy) is 1. The zero-order chi connectivity index (χ0) is 24.9. The van der Waals surface area contributed by atoms with Crippen LogP contribution < -0.4 is 10.6 Å². The lowest BCUT2D eigenvalue weighted by atomic mass is 9.92. The van der Waals surface area contributed by atoms with E-state index in [0.717, 1.165) is 22.3 Å². The number of rotatable bonds is 10. The van der Waals surface area contributed by atoms with E-state index < -0.39 is 23.5 Å². The second-order valence-electron chi connectivity index (χ2n) is 9.82. The molecule has 0 radical (unpaired) electrons. The van der Waals surface area contributed by atoms with Crippen molar-refractivity contribution in [2.45, 2.75) is 52.0 Å². The van der Waals surface area contributed by atoms with Crippen LogP contribution in [0.5, 0.6) is 0 Å². The number of nitrogens with one attached hydrogen (secondary N) is 2. The molecule has 2 amide bonds. The molecule has 0 spiro atoms. The average Bonchev–Trinajstić information content (AvgIpc) is 3.10. The van der Waals surface area contributed by atoms with Crippen LogP contribution in [-0.4, -0.2) is 41.8 Å². The highest BCUT2D eigenvalue weighted by Gasteiger charge is 2.31. The summed E-state index contributed by atoms with van der Waals surface area (Å²) in [5.74, 6) is -1.64. The number of aliphatic carboxylic acids is 1. The topological polar surface area (TPSA) is 105 Å². The second kappa shape index (κ2) is 10.7. The van der Waals surface area contributed by atoms with E-state index in [1.165, 1.54) is 0 Å². The maximum atomic E-state index is 12.8. The Hall–Kier alpha value is -3.35. The third-order valence-electron chi connectivity index (χ3n) is 6.38. The molecule has 0 bridgehead atoms. The molecule has 34 heavy (non-hydrogen) atoms. The molecule has 1 unspecified atom stereocenters. The van der Waals surface area contributed by atoms with E-state index in [4.69, 9.17) is 9.84 Å². The Bertz CT molecular complexity index is 1000. The van der Waals surface area contributed by atoms with Gasteiger partial charge in [0, 0.05) is 24.4 Å². The van der Waals surface area contributed by atoms with Crippen LogP contribution >= 0.6 is 0 Å². The Morgan fingerprint density at radius 3 is 2.09 bits per heavy atom. The van der Waals surface area contributed by atoms with Gasteiger partial charge in [0.05, 0.1) is 5.92 Å². The fourth-order valence-electron chi connectivity index (χ4n) is 4.38. The standard InChI is InChI=1S/C27H34N2O5/c1-17(2)22(25(32)29-27(3,4)14-13-24(30)31)15-28-26(33)34-16-23-20-11-7-5-9-18(20)19-10-6-8-12-21(19)23/h5-12,17,22-23H,13-16H2,1-4H3,(H,28,33)(H,29,32)(H,30,31). The molecule has 1 aliphatic carbocycles. The molecular formula is C27H34N2O5. The van der Waals surface area contributed by atoms with E-state index >= 15 is 0 Å². The number of carbonyl (C=O) groups is 3. The first-order valence-corrected chi connectivity index (χ1v) is 11.7. The summed E-state index contributed by atoms with van der Waals surface area (Å²) in [4.78, 5) is 36.2. The predicted octanol–water partition coefficient (Wildman–Crippen LogP) is 4.56. The van der Waals surface area contributed by atoms with Crippen LogP contribution in [-0.2, 0) is 14.3 Å². The van der Waals surface area contributed by atoms with Crippen LogP contribution in [0.3, 0.4) is 0 Å². The molecule has 1 aliphatic rings. The Morgan fingerprint density at radius 2 is 1.56 bits per heavy atom. The molecule has 7 heteroatoms. The monoisotopic (exact) mass is 466 g/mol. The summed E-state index contributed by atoms with van der Waals surface area (Å²) in [5.41, 5.74) is 3.94. The highest BCUT2D eigenvalue weighted by Crippen LogP contribution is 2.44. The first-order chi connectivity index (χ1) is 16.1. The lowest BCUT2D eigenvalue weighted by Gasteiger charge is -2.30.